The van der Waals surface area contributed by atoms with E-state index in [9.17, 15) is 10.4 Å². The number of rotatable bonds is 9. The first-order chi connectivity index (χ1) is 18.2. The fourth-order valence-electron chi connectivity index (χ4n) is 4.36. The van der Waals surface area contributed by atoms with Crippen molar-refractivity contribution in [2.24, 2.45) is 0 Å². The highest BCUT2D eigenvalue weighted by Gasteiger charge is 2.22. The van der Waals surface area contributed by atoms with Crippen molar-refractivity contribution in [3.63, 3.8) is 0 Å². The van der Waals surface area contributed by atoms with Crippen molar-refractivity contribution in [2.75, 3.05) is 17.2 Å². The van der Waals surface area contributed by atoms with Crippen molar-refractivity contribution in [3.8, 4) is 6.07 Å². The first-order valence-corrected chi connectivity index (χ1v) is 12.1. The summed E-state index contributed by atoms with van der Waals surface area (Å²) in [7, 11) is 0. The first kappa shape index (κ1) is 24.3. The van der Waals surface area contributed by atoms with Crippen LogP contribution in [0.5, 0.6) is 0 Å². The van der Waals surface area contributed by atoms with Crippen molar-refractivity contribution in [3.05, 3.63) is 107 Å². The summed E-state index contributed by atoms with van der Waals surface area (Å²) in [5, 5.41) is 27.8. The van der Waals surface area contributed by atoms with Crippen LogP contribution in [0.25, 0.3) is 10.9 Å². The topological polar surface area (TPSA) is 130 Å². The maximum Gasteiger partial charge on any atom is 0.103 e. The Kier molecular flexibility index (Phi) is 7.33. The molecule has 6 N–H and O–H groups in total. The Morgan fingerprint density at radius 1 is 1.05 bits per heavy atom. The molecule has 3 heterocycles. The second-order valence-corrected chi connectivity index (χ2v) is 8.90. The monoisotopic (exact) mass is 512 g/mol. The van der Waals surface area contributed by atoms with Gasteiger partial charge in [-0.1, -0.05) is 48.0 Å². The van der Waals surface area contributed by atoms with Crippen LogP contribution in [0.1, 0.15) is 35.2 Å². The van der Waals surface area contributed by atoms with Crippen LogP contribution in [0.4, 0.5) is 11.4 Å². The lowest BCUT2D eigenvalue weighted by Gasteiger charge is -2.24. The molecular formula is C27H25ClN8O. The standard InChI is InChI=1S/C27H25ClN8O/c28-22-12-20(33-26(24-16-32-36-35-24)18-7-4-9-30-14-18)11-21-25(19(13-29)15-31-27(21)22)34-23(8-10-37)17-5-2-1-3-6-17/h1-7,9,11-12,14-16,23,26,32-33,35-37H,8,10H2,(H,31,34)/t23-,26-/m0/s1. The number of aromatic nitrogens is 2. The number of nitriles is 1. The molecule has 2 aromatic heterocycles. The molecule has 0 spiro atoms. The molecule has 2 atom stereocenters. The Morgan fingerprint density at radius 2 is 1.89 bits per heavy atom. The number of halogens is 1. The molecule has 1 aliphatic heterocycles. The van der Waals surface area contributed by atoms with Crippen LogP contribution in [0.2, 0.25) is 5.02 Å². The normalized spacial score (nSPS) is 14.1. The van der Waals surface area contributed by atoms with Gasteiger partial charge >= 0.3 is 0 Å². The van der Waals surface area contributed by atoms with E-state index in [0.29, 0.717) is 33.6 Å². The third kappa shape index (κ3) is 5.27. The van der Waals surface area contributed by atoms with E-state index in [-0.39, 0.29) is 18.7 Å². The molecule has 2 aromatic carbocycles. The molecular weight excluding hydrogens is 488 g/mol. The van der Waals surface area contributed by atoms with E-state index in [1.54, 1.807) is 12.4 Å². The van der Waals surface area contributed by atoms with E-state index in [1.807, 2.05) is 60.8 Å². The van der Waals surface area contributed by atoms with Crippen molar-refractivity contribution in [2.45, 2.75) is 18.5 Å². The van der Waals surface area contributed by atoms with Gasteiger partial charge in [0.1, 0.15) is 6.07 Å². The summed E-state index contributed by atoms with van der Waals surface area (Å²) < 4.78 is 0. The van der Waals surface area contributed by atoms with Gasteiger partial charge in [-0.2, -0.15) is 10.8 Å². The lowest BCUT2D eigenvalue weighted by molar-refractivity contribution is 0.280. The van der Waals surface area contributed by atoms with Gasteiger partial charge in [0.05, 0.1) is 39.6 Å². The third-order valence-electron chi connectivity index (χ3n) is 6.13. The van der Waals surface area contributed by atoms with Gasteiger partial charge in [-0.25, -0.2) is 0 Å². The molecule has 0 radical (unpaired) electrons. The molecule has 1 aliphatic rings. The lowest BCUT2D eigenvalue weighted by Crippen LogP contribution is -2.33. The minimum absolute atomic E-state index is 0.0119. The summed E-state index contributed by atoms with van der Waals surface area (Å²) in [5.74, 6) is 0. The highest BCUT2D eigenvalue weighted by atomic mass is 35.5. The fourth-order valence-corrected chi connectivity index (χ4v) is 4.63. The van der Waals surface area contributed by atoms with Crippen molar-refractivity contribution >= 4 is 33.9 Å². The number of aliphatic hydroxyl groups is 1. The SMILES string of the molecule is N#Cc1cnc2c(Cl)cc(N[C@H](C3=CNNN3)c3cccnc3)cc2c1N[C@@H](CCO)c1ccccc1. The quantitative estimate of drug-likeness (QED) is 0.194. The van der Waals surface area contributed by atoms with E-state index in [2.05, 4.69) is 43.1 Å². The van der Waals surface area contributed by atoms with Gasteiger partial charge in [-0.15, -0.1) is 0 Å². The van der Waals surface area contributed by atoms with Crippen LogP contribution < -0.4 is 27.0 Å². The van der Waals surface area contributed by atoms with E-state index in [4.69, 9.17) is 11.6 Å². The number of hydrogen-bond acceptors (Lipinski definition) is 9. The molecule has 10 heteroatoms. The van der Waals surface area contributed by atoms with Crippen LogP contribution in [0, 0.1) is 11.3 Å². The first-order valence-electron chi connectivity index (χ1n) is 11.8. The molecule has 186 valence electrons. The van der Waals surface area contributed by atoms with Gasteiger partial charge in [0.2, 0.25) is 0 Å². The predicted molar refractivity (Wildman–Crippen MR) is 144 cm³/mol. The van der Waals surface area contributed by atoms with Crippen LogP contribution in [-0.2, 0) is 0 Å². The van der Waals surface area contributed by atoms with Crippen molar-refractivity contribution < 1.29 is 5.11 Å². The van der Waals surface area contributed by atoms with Crippen LogP contribution in [0.15, 0.2) is 85.1 Å². The van der Waals surface area contributed by atoms with Crippen molar-refractivity contribution in [1.82, 2.24) is 26.4 Å². The van der Waals surface area contributed by atoms with Gasteiger partial charge in [-0.05, 0) is 35.7 Å². The van der Waals surface area contributed by atoms with E-state index >= 15 is 0 Å². The maximum atomic E-state index is 9.90. The molecule has 9 nitrogen and oxygen atoms in total. The van der Waals surface area contributed by atoms with Gasteiger partial charge in [-0.3, -0.25) is 9.97 Å². The van der Waals surface area contributed by atoms with Gasteiger partial charge in [0.15, 0.2) is 0 Å². The van der Waals surface area contributed by atoms with Crippen LogP contribution >= 0.6 is 11.6 Å². The summed E-state index contributed by atoms with van der Waals surface area (Å²) >= 11 is 6.71. The van der Waals surface area contributed by atoms with Gasteiger partial charge in [0, 0.05) is 42.5 Å². The fraction of sp³-hybridized carbons (Fsp3) is 0.148. The molecule has 0 fully saturated rings. The van der Waals surface area contributed by atoms with Crippen LogP contribution in [0.3, 0.4) is 0 Å². The number of pyridine rings is 2. The number of benzene rings is 2. The number of hydrogen-bond donors (Lipinski definition) is 6. The highest BCUT2D eigenvalue weighted by Crippen LogP contribution is 2.37. The van der Waals surface area contributed by atoms with Gasteiger partial charge < -0.3 is 26.6 Å². The maximum absolute atomic E-state index is 9.90. The summed E-state index contributed by atoms with van der Waals surface area (Å²) in [5.41, 5.74) is 14.0. The Labute approximate surface area is 219 Å². The summed E-state index contributed by atoms with van der Waals surface area (Å²) in [4.78, 5) is 8.73. The minimum atomic E-state index is -0.264. The Morgan fingerprint density at radius 3 is 2.59 bits per heavy atom. The van der Waals surface area contributed by atoms with E-state index in [1.165, 1.54) is 6.20 Å². The van der Waals surface area contributed by atoms with Crippen LogP contribution in [-0.4, -0.2) is 21.7 Å². The molecule has 5 rings (SSSR count). The second kappa shape index (κ2) is 11.1. The lowest BCUT2D eigenvalue weighted by atomic mass is 10.0. The highest BCUT2D eigenvalue weighted by molar-refractivity contribution is 6.35. The molecule has 37 heavy (non-hydrogen) atoms. The molecule has 0 unspecified atom stereocenters. The second-order valence-electron chi connectivity index (χ2n) is 8.49. The van der Waals surface area contributed by atoms with E-state index < -0.39 is 0 Å². The summed E-state index contributed by atoms with van der Waals surface area (Å²) in [6.45, 7) is -0.0119. The Bertz CT molecular complexity index is 1460. The zero-order valence-corrected chi connectivity index (χ0v) is 20.5. The predicted octanol–water partition coefficient (Wildman–Crippen LogP) is 4.30. The number of hydrazine groups is 2. The number of nitrogens with zero attached hydrogens (tertiary/aromatic N) is 3. The molecule has 0 saturated heterocycles. The molecule has 4 aromatic rings. The zero-order chi connectivity index (χ0) is 25.6. The molecule has 0 amide bonds. The largest absolute Gasteiger partial charge is 0.396 e. The van der Waals surface area contributed by atoms with Gasteiger partial charge in [0.25, 0.3) is 0 Å². The van der Waals surface area contributed by atoms with Crippen molar-refractivity contribution in [1.29, 1.82) is 5.26 Å². The number of nitrogens with one attached hydrogen (secondary N) is 5. The Balaban J connectivity index is 1.58. The average Bonchev–Trinajstić information content (AvgIpc) is 3.47. The number of aliphatic hydroxyl groups excluding tert-OH is 1. The summed E-state index contributed by atoms with van der Waals surface area (Å²) in [6, 6.07) is 19.2. The zero-order valence-electron chi connectivity index (χ0n) is 19.7. The minimum Gasteiger partial charge on any atom is -0.396 e. The molecule has 0 aliphatic carbocycles. The smallest absolute Gasteiger partial charge is 0.103 e. The molecule has 0 bridgehead atoms. The number of fused-ring (bicyclic) bond motifs is 1. The summed E-state index contributed by atoms with van der Waals surface area (Å²) in [6.07, 6.45) is 7.34. The average molecular weight is 513 g/mol. The van der Waals surface area contributed by atoms with E-state index in [0.717, 1.165) is 22.5 Å². The number of anilines is 2. The molecule has 0 saturated carbocycles. The Hall–Kier alpha value is -4.36. The third-order valence-corrected chi connectivity index (χ3v) is 6.42.